The molecule has 76 valence electrons. The van der Waals surface area contributed by atoms with Crippen LogP contribution in [-0.4, -0.2) is 16.1 Å². The van der Waals surface area contributed by atoms with Crippen molar-refractivity contribution in [3.63, 3.8) is 0 Å². The molecule has 0 fully saturated rings. The minimum absolute atomic E-state index is 0.00878. The molecule has 0 bridgehead atoms. The molecule has 1 heterocycles. The number of halogens is 4. The Morgan fingerprint density at radius 1 is 1.50 bits per heavy atom. The molecule has 0 radical (unpaired) electrons. The van der Waals surface area contributed by atoms with Gasteiger partial charge in [-0.05, 0) is 51.2 Å². The van der Waals surface area contributed by atoms with Gasteiger partial charge >= 0.3 is 5.97 Å². The standard InChI is InChI=1S/C7H3F2I2NO2/c8-6(9)5-4(11)2(7(13)14)1-3(10)12-5/h1,6H,(H,13,14). The van der Waals surface area contributed by atoms with Crippen molar-refractivity contribution in [2.45, 2.75) is 6.43 Å². The van der Waals surface area contributed by atoms with Crippen LogP contribution in [-0.2, 0) is 0 Å². The molecule has 1 aromatic rings. The number of carbonyl (C=O) groups is 1. The third-order valence-electron chi connectivity index (χ3n) is 1.39. The number of aromatic carboxylic acids is 1. The second kappa shape index (κ2) is 4.64. The van der Waals surface area contributed by atoms with E-state index >= 15 is 0 Å². The Morgan fingerprint density at radius 3 is 2.50 bits per heavy atom. The van der Waals surface area contributed by atoms with Crippen LogP contribution in [0.1, 0.15) is 22.5 Å². The van der Waals surface area contributed by atoms with E-state index in [1.165, 1.54) is 6.07 Å². The summed E-state index contributed by atoms with van der Waals surface area (Å²) in [5.74, 6) is -1.23. The van der Waals surface area contributed by atoms with E-state index in [2.05, 4.69) is 4.98 Å². The zero-order valence-electron chi connectivity index (χ0n) is 6.47. The Kier molecular flexibility index (Phi) is 3.98. The van der Waals surface area contributed by atoms with Gasteiger partial charge in [-0.1, -0.05) is 0 Å². The minimum atomic E-state index is -2.75. The second-order valence-electron chi connectivity index (χ2n) is 2.30. The number of hydrogen-bond donors (Lipinski definition) is 1. The number of pyridine rings is 1. The van der Waals surface area contributed by atoms with Crippen molar-refractivity contribution in [2.75, 3.05) is 0 Å². The van der Waals surface area contributed by atoms with Gasteiger partial charge in [-0.15, -0.1) is 0 Å². The summed E-state index contributed by atoms with van der Waals surface area (Å²) in [6.07, 6.45) is -2.75. The van der Waals surface area contributed by atoms with Gasteiger partial charge in [-0.2, -0.15) is 0 Å². The van der Waals surface area contributed by atoms with E-state index < -0.39 is 18.1 Å². The lowest BCUT2D eigenvalue weighted by atomic mass is 10.2. The van der Waals surface area contributed by atoms with Gasteiger partial charge in [0.15, 0.2) is 0 Å². The Hall–Kier alpha value is -0.0600. The zero-order valence-corrected chi connectivity index (χ0v) is 10.8. The summed E-state index contributed by atoms with van der Waals surface area (Å²) in [7, 11) is 0. The molecular weight excluding hydrogens is 422 g/mol. The summed E-state index contributed by atoms with van der Waals surface area (Å²) >= 11 is 3.26. The predicted octanol–water partition coefficient (Wildman–Crippen LogP) is 2.93. The van der Waals surface area contributed by atoms with Crippen molar-refractivity contribution in [3.05, 3.63) is 24.6 Å². The quantitative estimate of drug-likeness (QED) is 0.586. The first-order valence-corrected chi connectivity index (χ1v) is 5.46. The maximum absolute atomic E-state index is 12.4. The molecule has 0 amide bonds. The van der Waals surface area contributed by atoms with Crippen molar-refractivity contribution in [3.8, 4) is 0 Å². The molecule has 0 aliphatic heterocycles. The number of hydrogen-bond acceptors (Lipinski definition) is 2. The lowest BCUT2D eigenvalue weighted by Gasteiger charge is -2.06. The minimum Gasteiger partial charge on any atom is -0.478 e. The summed E-state index contributed by atoms with van der Waals surface area (Å²) in [6.45, 7) is 0. The van der Waals surface area contributed by atoms with Crippen molar-refractivity contribution in [2.24, 2.45) is 0 Å². The number of alkyl halides is 2. The molecule has 0 saturated heterocycles. The first-order valence-electron chi connectivity index (χ1n) is 3.31. The maximum atomic E-state index is 12.4. The van der Waals surface area contributed by atoms with Gasteiger partial charge in [-0.3, -0.25) is 0 Å². The summed E-state index contributed by atoms with van der Waals surface area (Å²) in [5.41, 5.74) is -0.616. The van der Waals surface area contributed by atoms with Crippen LogP contribution in [0.3, 0.4) is 0 Å². The predicted molar refractivity (Wildman–Crippen MR) is 61.6 cm³/mol. The molecule has 3 nitrogen and oxygen atoms in total. The first kappa shape index (κ1) is 12.0. The smallest absolute Gasteiger partial charge is 0.336 e. The van der Waals surface area contributed by atoms with E-state index in [0.29, 0.717) is 0 Å². The van der Waals surface area contributed by atoms with Gasteiger partial charge in [0, 0.05) is 0 Å². The fraction of sp³-hybridized carbons (Fsp3) is 0.143. The van der Waals surface area contributed by atoms with E-state index in [0.717, 1.165) is 0 Å². The Balaban J connectivity index is 3.40. The average Bonchev–Trinajstić information content (AvgIpc) is 2.07. The van der Waals surface area contributed by atoms with Crippen LogP contribution in [0.15, 0.2) is 6.07 Å². The van der Waals surface area contributed by atoms with Gasteiger partial charge in [-0.25, -0.2) is 18.6 Å². The molecule has 0 saturated carbocycles. The third kappa shape index (κ3) is 2.49. The number of nitrogens with zero attached hydrogens (tertiary/aromatic N) is 1. The zero-order chi connectivity index (χ0) is 10.9. The van der Waals surface area contributed by atoms with Crippen LogP contribution in [0, 0.1) is 7.27 Å². The average molecular weight is 425 g/mol. The SMILES string of the molecule is O=C(O)c1cc(I)nc(C(F)F)c1I. The Bertz CT molecular complexity index is 384. The van der Waals surface area contributed by atoms with Crippen molar-refractivity contribution >= 4 is 51.2 Å². The number of carboxylic acid groups (broad SMARTS) is 1. The van der Waals surface area contributed by atoms with E-state index in [1.54, 1.807) is 45.2 Å². The molecule has 1 aromatic heterocycles. The van der Waals surface area contributed by atoms with E-state index in [4.69, 9.17) is 5.11 Å². The molecule has 0 spiro atoms. The molecule has 0 unspecified atom stereocenters. The van der Waals surface area contributed by atoms with Crippen LogP contribution in [0.2, 0.25) is 0 Å². The highest BCUT2D eigenvalue weighted by atomic mass is 127. The molecule has 0 aliphatic carbocycles. The number of carboxylic acids is 1. The van der Waals surface area contributed by atoms with Crippen LogP contribution < -0.4 is 0 Å². The van der Waals surface area contributed by atoms with E-state index in [9.17, 15) is 13.6 Å². The molecular formula is C7H3F2I2NO2. The molecule has 0 aromatic carbocycles. The topological polar surface area (TPSA) is 50.2 Å². The fourth-order valence-corrected chi connectivity index (χ4v) is 2.13. The van der Waals surface area contributed by atoms with Gasteiger partial charge in [0.1, 0.15) is 9.39 Å². The van der Waals surface area contributed by atoms with Gasteiger partial charge in [0.2, 0.25) is 0 Å². The largest absolute Gasteiger partial charge is 0.478 e. The monoisotopic (exact) mass is 425 g/mol. The molecule has 1 rings (SSSR count). The first-order chi connectivity index (χ1) is 6.43. The Labute approximate surface area is 105 Å². The third-order valence-corrected chi connectivity index (χ3v) is 3.08. The normalized spacial score (nSPS) is 10.6. The number of aromatic nitrogens is 1. The van der Waals surface area contributed by atoms with Crippen molar-refractivity contribution in [1.82, 2.24) is 4.98 Å². The van der Waals surface area contributed by atoms with Crippen molar-refractivity contribution < 1.29 is 18.7 Å². The number of rotatable bonds is 2. The second-order valence-corrected chi connectivity index (χ2v) is 4.48. The van der Waals surface area contributed by atoms with E-state index in [-0.39, 0.29) is 12.8 Å². The molecule has 7 heteroatoms. The van der Waals surface area contributed by atoms with Gasteiger partial charge in [0.25, 0.3) is 6.43 Å². The molecule has 0 atom stereocenters. The van der Waals surface area contributed by atoms with Crippen LogP contribution in [0.25, 0.3) is 0 Å². The highest BCUT2D eigenvalue weighted by molar-refractivity contribution is 14.1. The van der Waals surface area contributed by atoms with Gasteiger partial charge in [0.05, 0.1) is 9.13 Å². The highest BCUT2D eigenvalue weighted by Gasteiger charge is 2.20. The summed E-state index contributed by atoms with van der Waals surface area (Å²) < 4.78 is 25.0. The van der Waals surface area contributed by atoms with Gasteiger partial charge < -0.3 is 5.11 Å². The summed E-state index contributed by atoms with van der Waals surface area (Å²) in [4.78, 5) is 14.2. The summed E-state index contributed by atoms with van der Waals surface area (Å²) in [5, 5.41) is 8.72. The van der Waals surface area contributed by atoms with Crippen LogP contribution in [0.4, 0.5) is 8.78 Å². The lowest BCUT2D eigenvalue weighted by molar-refractivity contribution is 0.0694. The van der Waals surface area contributed by atoms with E-state index in [1.807, 2.05) is 0 Å². The van der Waals surface area contributed by atoms with Crippen LogP contribution in [0.5, 0.6) is 0 Å². The molecule has 14 heavy (non-hydrogen) atoms. The van der Waals surface area contributed by atoms with Crippen molar-refractivity contribution in [1.29, 1.82) is 0 Å². The fourth-order valence-electron chi connectivity index (χ4n) is 0.817. The summed E-state index contributed by atoms with van der Waals surface area (Å²) in [6, 6.07) is 1.26. The maximum Gasteiger partial charge on any atom is 0.336 e. The molecule has 1 N–H and O–H groups in total. The lowest BCUT2D eigenvalue weighted by Crippen LogP contribution is -2.07. The highest BCUT2D eigenvalue weighted by Crippen LogP contribution is 2.26. The molecule has 0 aliphatic rings. The van der Waals surface area contributed by atoms with Crippen LogP contribution >= 0.6 is 45.2 Å². The Morgan fingerprint density at radius 2 is 2.07 bits per heavy atom.